The zero-order valence-corrected chi connectivity index (χ0v) is 11.9. The fourth-order valence-electron chi connectivity index (χ4n) is 1.74. The van der Waals surface area contributed by atoms with E-state index in [0.717, 1.165) is 0 Å². The molecule has 0 radical (unpaired) electrons. The van der Waals surface area contributed by atoms with Crippen molar-refractivity contribution in [2.24, 2.45) is 5.92 Å². The average molecular weight is 283 g/mol. The zero-order valence-electron chi connectivity index (χ0n) is 11.9. The SMILES string of the molecule is CC(C)CC(O)CNC(=O)CCOc1ccc(F)cc1. The van der Waals surface area contributed by atoms with Gasteiger partial charge in [-0.25, -0.2) is 4.39 Å². The second-order valence-corrected chi connectivity index (χ2v) is 5.14. The molecule has 1 aromatic rings. The third kappa shape index (κ3) is 7.09. The molecule has 0 saturated heterocycles. The number of amides is 1. The van der Waals surface area contributed by atoms with Gasteiger partial charge in [0.2, 0.25) is 5.91 Å². The Balaban J connectivity index is 2.15. The highest BCUT2D eigenvalue weighted by Crippen LogP contribution is 2.11. The van der Waals surface area contributed by atoms with Crippen LogP contribution < -0.4 is 10.1 Å². The van der Waals surface area contributed by atoms with Crippen LogP contribution in [0, 0.1) is 11.7 Å². The summed E-state index contributed by atoms with van der Waals surface area (Å²) in [7, 11) is 0. The van der Waals surface area contributed by atoms with Crippen LogP contribution in [0.4, 0.5) is 4.39 Å². The summed E-state index contributed by atoms with van der Waals surface area (Å²) in [5.74, 6) is 0.423. The molecule has 0 fully saturated rings. The first-order chi connectivity index (χ1) is 9.47. The number of carbonyl (C=O) groups excluding carboxylic acids is 1. The molecule has 4 nitrogen and oxygen atoms in total. The number of ether oxygens (including phenoxy) is 1. The number of benzene rings is 1. The maximum Gasteiger partial charge on any atom is 0.223 e. The quantitative estimate of drug-likeness (QED) is 0.768. The number of hydrogen-bond acceptors (Lipinski definition) is 3. The van der Waals surface area contributed by atoms with Gasteiger partial charge >= 0.3 is 0 Å². The molecule has 1 atom stereocenters. The Bertz CT molecular complexity index is 406. The normalized spacial score (nSPS) is 12.2. The lowest BCUT2D eigenvalue weighted by molar-refractivity contribution is -0.122. The van der Waals surface area contributed by atoms with Crippen molar-refractivity contribution in [2.45, 2.75) is 32.8 Å². The first-order valence-corrected chi connectivity index (χ1v) is 6.80. The first kappa shape index (κ1) is 16.4. The number of nitrogens with one attached hydrogen (secondary N) is 1. The molecule has 0 aliphatic heterocycles. The van der Waals surface area contributed by atoms with E-state index in [4.69, 9.17) is 4.74 Å². The van der Waals surface area contributed by atoms with E-state index >= 15 is 0 Å². The molecular weight excluding hydrogens is 261 g/mol. The summed E-state index contributed by atoms with van der Waals surface area (Å²) in [5.41, 5.74) is 0. The molecule has 0 aromatic heterocycles. The molecule has 1 aromatic carbocycles. The van der Waals surface area contributed by atoms with Crippen LogP contribution in [0.5, 0.6) is 5.75 Å². The van der Waals surface area contributed by atoms with Gasteiger partial charge in [-0.3, -0.25) is 4.79 Å². The lowest BCUT2D eigenvalue weighted by atomic mass is 10.1. The van der Waals surface area contributed by atoms with Crippen molar-refractivity contribution in [3.8, 4) is 5.75 Å². The molecule has 0 spiro atoms. The van der Waals surface area contributed by atoms with Crippen molar-refractivity contribution in [2.75, 3.05) is 13.2 Å². The minimum atomic E-state index is -0.517. The Labute approximate surface area is 119 Å². The van der Waals surface area contributed by atoms with Gasteiger partial charge in [-0.2, -0.15) is 0 Å². The Morgan fingerprint density at radius 2 is 2.00 bits per heavy atom. The number of hydrogen-bond donors (Lipinski definition) is 2. The standard InChI is InChI=1S/C15H22FNO3/c1-11(2)9-13(18)10-17-15(19)7-8-20-14-5-3-12(16)4-6-14/h3-6,11,13,18H,7-10H2,1-2H3,(H,17,19). The monoisotopic (exact) mass is 283 g/mol. The van der Waals surface area contributed by atoms with Gasteiger partial charge < -0.3 is 15.2 Å². The number of halogens is 1. The summed E-state index contributed by atoms with van der Waals surface area (Å²) in [4.78, 5) is 11.5. The zero-order chi connectivity index (χ0) is 15.0. The molecule has 0 bridgehead atoms. The molecule has 1 unspecified atom stereocenters. The summed E-state index contributed by atoms with van der Waals surface area (Å²) in [6.07, 6.45) is 0.343. The van der Waals surface area contributed by atoms with Gasteiger partial charge in [0.05, 0.1) is 19.1 Å². The van der Waals surface area contributed by atoms with Gasteiger partial charge in [0.15, 0.2) is 0 Å². The highest BCUT2D eigenvalue weighted by atomic mass is 19.1. The van der Waals surface area contributed by atoms with Crippen molar-refractivity contribution >= 4 is 5.91 Å². The lowest BCUT2D eigenvalue weighted by Gasteiger charge is -2.14. The van der Waals surface area contributed by atoms with Crippen molar-refractivity contribution < 1.29 is 19.0 Å². The van der Waals surface area contributed by atoms with Gasteiger partial charge in [0.25, 0.3) is 0 Å². The predicted octanol–water partition coefficient (Wildman–Crippen LogP) is 2.12. The van der Waals surface area contributed by atoms with Gasteiger partial charge in [0, 0.05) is 6.54 Å². The maximum absolute atomic E-state index is 12.7. The summed E-state index contributed by atoms with van der Waals surface area (Å²) >= 11 is 0. The van der Waals surface area contributed by atoms with Crippen molar-refractivity contribution in [3.63, 3.8) is 0 Å². The van der Waals surface area contributed by atoms with Crippen LogP contribution >= 0.6 is 0 Å². The second-order valence-electron chi connectivity index (χ2n) is 5.14. The minimum Gasteiger partial charge on any atom is -0.493 e. The summed E-state index contributed by atoms with van der Waals surface area (Å²) in [6.45, 7) is 4.51. The van der Waals surface area contributed by atoms with Crippen LogP contribution in [0.1, 0.15) is 26.7 Å². The van der Waals surface area contributed by atoms with E-state index in [2.05, 4.69) is 5.32 Å². The van der Waals surface area contributed by atoms with Gasteiger partial charge in [-0.15, -0.1) is 0 Å². The van der Waals surface area contributed by atoms with Gasteiger partial charge in [-0.1, -0.05) is 13.8 Å². The molecule has 0 aliphatic carbocycles. The molecule has 20 heavy (non-hydrogen) atoms. The summed E-state index contributed by atoms with van der Waals surface area (Å²) in [5, 5.41) is 12.3. The van der Waals surface area contributed by atoms with Crippen LogP contribution in [0.2, 0.25) is 0 Å². The largest absolute Gasteiger partial charge is 0.493 e. The topological polar surface area (TPSA) is 58.6 Å². The Morgan fingerprint density at radius 3 is 2.60 bits per heavy atom. The number of carbonyl (C=O) groups is 1. The number of aliphatic hydroxyl groups excluding tert-OH is 1. The van der Waals surface area contributed by atoms with Crippen molar-refractivity contribution in [1.82, 2.24) is 5.32 Å². The van der Waals surface area contributed by atoms with E-state index in [0.29, 0.717) is 18.1 Å². The van der Waals surface area contributed by atoms with Crippen LogP contribution in [0.3, 0.4) is 0 Å². The van der Waals surface area contributed by atoms with Crippen LogP contribution in [-0.4, -0.2) is 30.3 Å². The smallest absolute Gasteiger partial charge is 0.223 e. The fourth-order valence-corrected chi connectivity index (χ4v) is 1.74. The van der Waals surface area contributed by atoms with Crippen molar-refractivity contribution in [3.05, 3.63) is 30.1 Å². The highest BCUT2D eigenvalue weighted by molar-refractivity contribution is 5.76. The van der Waals surface area contributed by atoms with Crippen LogP contribution in [0.25, 0.3) is 0 Å². The van der Waals surface area contributed by atoms with Crippen LogP contribution in [-0.2, 0) is 4.79 Å². The molecule has 1 rings (SSSR count). The van der Waals surface area contributed by atoms with E-state index in [9.17, 15) is 14.3 Å². The average Bonchev–Trinajstić information content (AvgIpc) is 2.38. The maximum atomic E-state index is 12.7. The summed E-state index contributed by atoms with van der Waals surface area (Å²) in [6, 6.07) is 5.63. The van der Waals surface area contributed by atoms with Crippen molar-refractivity contribution in [1.29, 1.82) is 0 Å². The fraction of sp³-hybridized carbons (Fsp3) is 0.533. The van der Waals surface area contributed by atoms with E-state index in [1.165, 1.54) is 24.3 Å². The van der Waals surface area contributed by atoms with E-state index < -0.39 is 6.10 Å². The minimum absolute atomic E-state index is 0.171. The van der Waals surface area contributed by atoms with Gasteiger partial charge in [-0.05, 0) is 36.6 Å². The number of aliphatic hydroxyl groups is 1. The summed E-state index contributed by atoms with van der Waals surface area (Å²) < 4.78 is 18.0. The first-order valence-electron chi connectivity index (χ1n) is 6.80. The molecular formula is C15H22FNO3. The van der Waals surface area contributed by atoms with Gasteiger partial charge in [0.1, 0.15) is 11.6 Å². The molecule has 2 N–H and O–H groups in total. The highest BCUT2D eigenvalue weighted by Gasteiger charge is 2.09. The molecule has 0 aliphatic rings. The lowest BCUT2D eigenvalue weighted by Crippen LogP contribution is -2.33. The molecule has 1 amide bonds. The van der Waals surface area contributed by atoms with E-state index in [-0.39, 0.29) is 31.3 Å². The second kappa shape index (κ2) is 8.53. The Kier molecular flexibility index (Phi) is 7.01. The van der Waals surface area contributed by atoms with E-state index in [1.807, 2.05) is 13.8 Å². The molecule has 0 saturated carbocycles. The van der Waals surface area contributed by atoms with E-state index in [1.54, 1.807) is 0 Å². The molecule has 0 heterocycles. The number of rotatable bonds is 8. The Morgan fingerprint density at radius 1 is 1.35 bits per heavy atom. The predicted molar refractivity (Wildman–Crippen MR) is 75.0 cm³/mol. The molecule has 112 valence electrons. The third-order valence-electron chi connectivity index (χ3n) is 2.69. The third-order valence-corrected chi connectivity index (χ3v) is 2.69. The van der Waals surface area contributed by atoms with Crippen LogP contribution in [0.15, 0.2) is 24.3 Å². The molecule has 5 heteroatoms. The Hall–Kier alpha value is -1.62.